The molecule has 68 valence electrons. The maximum atomic E-state index is 11.9. The molecule has 2 aliphatic rings. The van der Waals surface area contributed by atoms with E-state index in [1.54, 1.807) is 0 Å². The van der Waals surface area contributed by atoms with E-state index in [4.69, 9.17) is 0 Å². The van der Waals surface area contributed by atoms with E-state index in [0.717, 1.165) is 6.42 Å². The van der Waals surface area contributed by atoms with Crippen molar-refractivity contribution in [3.8, 4) is 0 Å². The molecule has 2 atom stereocenters. The molecule has 0 N–H and O–H groups in total. The second-order valence-electron chi connectivity index (χ2n) is 4.14. The van der Waals surface area contributed by atoms with Gasteiger partial charge in [0.15, 0.2) is 0 Å². The van der Waals surface area contributed by atoms with Crippen molar-refractivity contribution in [1.29, 1.82) is 0 Å². The minimum Gasteiger partial charge on any atom is -0.291 e. The molecule has 13 heavy (non-hydrogen) atoms. The lowest BCUT2D eigenvalue weighted by Crippen LogP contribution is -2.19. The molecule has 3 rings (SSSR count). The van der Waals surface area contributed by atoms with Crippen molar-refractivity contribution in [3.05, 3.63) is 24.0 Å². The third-order valence-electron chi connectivity index (χ3n) is 3.48. The highest BCUT2D eigenvalue weighted by Crippen LogP contribution is 2.43. The van der Waals surface area contributed by atoms with Gasteiger partial charge in [0.25, 0.3) is 0 Å². The van der Waals surface area contributed by atoms with Crippen molar-refractivity contribution < 1.29 is 4.79 Å². The molecule has 0 saturated heterocycles. The molecule has 2 heterocycles. The second kappa shape index (κ2) is 2.47. The first-order valence-electron chi connectivity index (χ1n) is 5.09. The van der Waals surface area contributed by atoms with Gasteiger partial charge in [-0.2, -0.15) is 0 Å². The normalized spacial score (nSPS) is 31.5. The average Bonchev–Trinajstić information content (AvgIpc) is 2.72. The number of aromatic nitrogens is 1. The number of hydrogen-bond donors (Lipinski definition) is 0. The van der Waals surface area contributed by atoms with Crippen molar-refractivity contribution in [1.82, 2.24) is 4.57 Å². The van der Waals surface area contributed by atoms with E-state index >= 15 is 0 Å². The summed E-state index contributed by atoms with van der Waals surface area (Å²) in [5.74, 6) is 1.19. The number of nitrogens with zero attached hydrogens (tertiary/aromatic N) is 1. The minimum atomic E-state index is 0.310. The SMILES string of the molecule is O=C1[C@H]2CCCC[C@@H]2c2cccn21. The van der Waals surface area contributed by atoms with Gasteiger partial charge in [0, 0.05) is 23.7 Å². The van der Waals surface area contributed by atoms with Gasteiger partial charge < -0.3 is 0 Å². The highest BCUT2D eigenvalue weighted by atomic mass is 16.2. The van der Waals surface area contributed by atoms with Crippen LogP contribution in [0.15, 0.2) is 18.3 Å². The molecular formula is C11H13NO. The van der Waals surface area contributed by atoms with E-state index in [2.05, 4.69) is 6.07 Å². The molecule has 0 amide bonds. The van der Waals surface area contributed by atoms with Gasteiger partial charge in [-0.3, -0.25) is 9.36 Å². The van der Waals surface area contributed by atoms with E-state index < -0.39 is 0 Å². The Balaban J connectivity index is 2.08. The Labute approximate surface area is 77.6 Å². The van der Waals surface area contributed by atoms with Gasteiger partial charge in [0.2, 0.25) is 5.91 Å². The van der Waals surface area contributed by atoms with E-state index in [-0.39, 0.29) is 0 Å². The first kappa shape index (κ1) is 7.36. The summed E-state index contributed by atoms with van der Waals surface area (Å²) in [7, 11) is 0. The summed E-state index contributed by atoms with van der Waals surface area (Å²) in [6, 6.07) is 4.09. The summed E-state index contributed by atoms with van der Waals surface area (Å²) in [5.41, 5.74) is 1.26. The predicted molar refractivity (Wildman–Crippen MR) is 49.8 cm³/mol. The van der Waals surface area contributed by atoms with E-state index in [9.17, 15) is 4.79 Å². The van der Waals surface area contributed by atoms with Crippen molar-refractivity contribution in [2.24, 2.45) is 5.92 Å². The standard InChI is InChI=1S/C11H13NO/c13-11-9-5-2-1-4-8(9)10-6-3-7-12(10)11/h3,6-9H,1-2,4-5H2/t8-,9-/m0/s1. The third kappa shape index (κ3) is 0.859. The fourth-order valence-electron chi connectivity index (χ4n) is 2.86. The quantitative estimate of drug-likeness (QED) is 0.593. The topological polar surface area (TPSA) is 22.0 Å². The van der Waals surface area contributed by atoms with Gasteiger partial charge in [-0.1, -0.05) is 12.8 Å². The van der Waals surface area contributed by atoms with E-state index in [0.29, 0.717) is 17.7 Å². The number of hydrogen-bond acceptors (Lipinski definition) is 1. The number of carbonyl (C=O) groups excluding carboxylic acids is 1. The van der Waals surface area contributed by atoms with Crippen LogP contribution in [0.25, 0.3) is 0 Å². The fraction of sp³-hybridized carbons (Fsp3) is 0.545. The predicted octanol–water partition coefficient (Wildman–Crippen LogP) is 2.42. The van der Waals surface area contributed by atoms with Gasteiger partial charge in [-0.15, -0.1) is 0 Å². The van der Waals surface area contributed by atoms with Gasteiger partial charge in [-0.25, -0.2) is 0 Å². The Hall–Kier alpha value is -1.05. The van der Waals surface area contributed by atoms with Gasteiger partial charge in [0.1, 0.15) is 0 Å². The van der Waals surface area contributed by atoms with E-state index in [1.165, 1.54) is 25.0 Å². The third-order valence-corrected chi connectivity index (χ3v) is 3.48. The zero-order valence-corrected chi connectivity index (χ0v) is 7.57. The van der Waals surface area contributed by atoms with Crippen LogP contribution in [0.4, 0.5) is 0 Å². The number of fused-ring (bicyclic) bond motifs is 3. The molecule has 1 saturated carbocycles. The molecule has 1 aromatic heterocycles. The molecule has 2 heteroatoms. The molecule has 0 spiro atoms. The lowest BCUT2D eigenvalue weighted by atomic mass is 9.79. The van der Waals surface area contributed by atoms with Crippen LogP contribution >= 0.6 is 0 Å². The van der Waals surface area contributed by atoms with Gasteiger partial charge in [0.05, 0.1) is 0 Å². The molecule has 1 aliphatic heterocycles. The lowest BCUT2D eigenvalue weighted by Gasteiger charge is -2.22. The summed E-state index contributed by atoms with van der Waals surface area (Å²) < 4.78 is 1.86. The first-order valence-corrected chi connectivity index (χ1v) is 5.09. The molecule has 1 aromatic rings. The van der Waals surface area contributed by atoms with Crippen molar-refractivity contribution in [2.45, 2.75) is 31.6 Å². The molecule has 1 fully saturated rings. The Morgan fingerprint density at radius 3 is 2.85 bits per heavy atom. The van der Waals surface area contributed by atoms with Crippen LogP contribution in [0.1, 0.15) is 42.1 Å². The van der Waals surface area contributed by atoms with Gasteiger partial charge in [-0.05, 0) is 25.0 Å². The molecule has 2 nitrogen and oxygen atoms in total. The summed E-state index contributed by atoms with van der Waals surface area (Å²) in [5, 5.41) is 0. The summed E-state index contributed by atoms with van der Waals surface area (Å²) in [6.07, 6.45) is 6.75. The Morgan fingerprint density at radius 1 is 1.23 bits per heavy atom. The minimum absolute atomic E-state index is 0.310. The number of rotatable bonds is 0. The van der Waals surface area contributed by atoms with Crippen molar-refractivity contribution in [2.75, 3.05) is 0 Å². The van der Waals surface area contributed by atoms with E-state index in [1.807, 2.05) is 16.8 Å². The zero-order valence-electron chi connectivity index (χ0n) is 7.57. The molecule has 0 unspecified atom stereocenters. The highest BCUT2D eigenvalue weighted by Gasteiger charge is 2.40. The second-order valence-corrected chi connectivity index (χ2v) is 4.14. The Bertz CT molecular complexity index is 353. The Morgan fingerprint density at radius 2 is 2.00 bits per heavy atom. The van der Waals surface area contributed by atoms with Crippen LogP contribution in [0.2, 0.25) is 0 Å². The average molecular weight is 175 g/mol. The fourth-order valence-corrected chi connectivity index (χ4v) is 2.86. The van der Waals surface area contributed by atoms with Crippen LogP contribution < -0.4 is 0 Å². The van der Waals surface area contributed by atoms with Crippen molar-refractivity contribution >= 4 is 5.91 Å². The largest absolute Gasteiger partial charge is 0.291 e. The van der Waals surface area contributed by atoms with Crippen LogP contribution in [0.5, 0.6) is 0 Å². The lowest BCUT2D eigenvalue weighted by molar-refractivity contribution is 0.0831. The summed E-state index contributed by atoms with van der Waals surface area (Å²) >= 11 is 0. The van der Waals surface area contributed by atoms with Crippen LogP contribution in [-0.2, 0) is 0 Å². The summed E-state index contributed by atoms with van der Waals surface area (Å²) in [4.78, 5) is 11.9. The Kier molecular flexibility index (Phi) is 1.40. The maximum Gasteiger partial charge on any atom is 0.234 e. The maximum absolute atomic E-state index is 11.9. The van der Waals surface area contributed by atoms with Crippen LogP contribution in [0, 0.1) is 5.92 Å². The molecular weight excluding hydrogens is 162 g/mol. The molecule has 0 aromatic carbocycles. The monoisotopic (exact) mass is 175 g/mol. The van der Waals surface area contributed by atoms with Gasteiger partial charge >= 0.3 is 0 Å². The van der Waals surface area contributed by atoms with Crippen LogP contribution in [-0.4, -0.2) is 10.5 Å². The zero-order chi connectivity index (χ0) is 8.84. The first-order chi connectivity index (χ1) is 6.38. The number of carbonyl (C=O) groups is 1. The highest BCUT2D eigenvalue weighted by molar-refractivity contribution is 5.86. The van der Waals surface area contributed by atoms with Crippen molar-refractivity contribution in [3.63, 3.8) is 0 Å². The molecule has 1 aliphatic carbocycles. The van der Waals surface area contributed by atoms with Crippen LogP contribution in [0.3, 0.4) is 0 Å². The summed E-state index contributed by atoms with van der Waals surface area (Å²) in [6.45, 7) is 0. The molecule has 0 bridgehead atoms. The molecule has 0 radical (unpaired) electrons. The smallest absolute Gasteiger partial charge is 0.234 e.